The van der Waals surface area contributed by atoms with Crippen molar-refractivity contribution in [2.45, 2.75) is 0 Å². The molecule has 0 saturated carbocycles. The van der Waals surface area contributed by atoms with Gasteiger partial charge in [-0.3, -0.25) is 15.0 Å². The number of amides is 1. The molecule has 0 atom stereocenters. The summed E-state index contributed by atoms with van der Waals surface area (Å²) >= 11 is 0. The van der Waals surface area contributed by atoms with Crippen molar-refractivity contribution < 1.29 is 4.79 Å². The Balaban J connectivity index is 2.43. The summed E-state index contributed by atoms with van der Waals surface area (Å²) in [6.45, 7) is 0. The third kappa shape index (κ3) is 1.68. The van der Waals surface area contributed by atoms with Crippen molar-refractivity contribution in [1.82, 2.24) is 10.4 Å². The molecule has 3 aromatic rings. The molecule has 0 aliphatic carbocycles. The summed E-state index contributed by atoms with van der Waals surface area (Å²) in [6.07, 6.45) is 1.39. The van der Waals surface area contributed by atoms with Gasteiger partial charge >= 0.3 is 0 Å². The molecule has 0 bridgehead atoms. The van der Waals surface area contributed by atoms with Crippen LogP contribution >= 0.6 is 0 Å². The number of fused-ring (bicyclic) bond motifs is 3. The summed E-state index contributed by atoms with van der Waals surface area (Å²) in [5.74, 6) is 4.45. The molecule has 0 radical (unpaired) electrons. The molecule has 4 N–H and O–H groups in total. The second-order valence-electron chi connectivity index (χ2n) is 4.21. The highest BCUT2D eigenvalue weighted by Crippen LogP contribution is 2.21. The Bertz CT molecular complexity index is 852. The van der Waals surface area contributed by atoms with Gasteiger partial charge in [0.2, 0.25) is 5.43 Å². The van der Waals surface area contributed by atoms with Crippen molar-refractivity contribution in [3.05, 3.63) is 58.4 Å². The maximum atomic E-state index is 12.2. The van der Waals surface area contributed by atoms with Gasteiger partial charge in [0.25, 0.3) is 5.91 Å². The Morgan fingerprint density at radius 3 is 2.68 bits per heavy atom. The number of hydrogen-bond acceptors (Lipinski definition) is 3. The Morgan fingerprint density at radius 1 is 1.11 bits per heavy atom. The summed E-state index contributed by atoms with van der Waals surface area (Å²) < 4.78 is 0. The molecule has 0 aliphatic rings. The van der Waals surface area contributed by atoms with Gasteiger partial charge in [-0.1, -0.05) is 30.3 Å². The number of nitrogens with one attached hydrogen (secondary N) is 2. The first-order chi connectivity index (χ1) is 9.22. The lowest BCUT2D eigenvalue weighted by Crippen LogP contribution is -2.33. The maximum Gasteiger partial charge on any atom is 0.270 e. The van der Waals surface area contributed by atoms with Crippen LogP contribution in [-0.2, 0) is 0 Å². The van der Waals surface area contributed by atoms with Crippen LogP contribution in [-0.4, -0.2) is 10.9 Å². The van der Waals surface area contributed by atoms with Crippen molar-refractivity contribution in [2.24, 2.45) is 5.84 Å². The highest BCUT2D eigenvalue weighted by atomic mass is 16.2. The van der Waals surface area contributed by atoms with Crippen molar-refractivity contribution in [2.75, 3.05) is 0 Å². The second kappa shape index (κ2) is 4.22. The van der Waals surface area contributed by atoms with Gasteiger partial charge in [-0.25, -0.2) is 5.84 Å². The fourth-order valence-corrected chi connectivity index (χ4v) is 2.22. The Hall–Kier alpha value is -2.66. The van der Waals surface area contributed by atoms with E-state index < -0.39 is 5.91 Å². The van der Waals surface area contributed by atoms with Gasteiger partial charge in [0.05, 0.1) is 5.52 Å². The standard InChI is InChI=1S/C14H11N3O2/c15-17-14(19)11-7-16-12-9-4-2-1-3-8(9)5-6-10(12)13(11)18/h1-7H,15H2,(H,16,18)(H,17,19). The second-order valence-corrected chi connectivity index (χ2v) is 4.21. The fraction of sp³-hybridized carbons (Fsp3) is 0. The van der Waals surface area contributed by atoms with Crippen LogP contribution in [0.5, 0.6) is 0 Å². The number of benzene rings is 2. The first-order valence-corrected chi connectivity index (χ1v) is 5.76. The van der Waals surface area contributed by atoms with Crippen LogP contribution in [0.25, 0.3) is 21.7 Å². The molecule has 0 unspecified atom stereocenters. The number of nitrogens with two attached hydrogens (primary N) is 1. The summed E-state index contributed by atoms with van der Waals surface area (Å²) in [5.41, 5.74) is 2.36. The highest BCUT2D eigenvalue weighted by molar-refractivity contribution is 6.07. The number of rotatable bonds is 1. The molecule has 3 rings (SSSR count). The van der Waals surface area contributed by atoms with Crippen LogP contribution in [0.15, 0.2) is 47.4 Å². The largest absolute Gasteiger partial charge is 0.360 e. The van der Waals surface area contributed by atoms with Crippen LogP contribution in [0, 0.1) is 0 Å². The van der Waals surface area contributed by atoms with Gasteiger partial charge < -0.3 is 4.98 Å². The lowest BCUT2D eigenvalue weighted by atomic mass is 10.0. The molecule has 0 aliphatic heterocycles. The van der Waals surface area contributed by atoms with Crippen molar-refractivity contribution in [3.63, 3.8) is 0 Å². The van der Waals surface area contributed by atoms with Crippen molar-refractivity contribution in [3.8, 4) is 0 Å². The molecule has 0 spiro atoms. The van der Waals surface area contributed by atoms with Crippen LogP contribution in [0.2, 0.25) is 0 Å². The number of H-pyrrole nitrogens is 1. The van der Waals surface area contributed by atoms with Gasteiger partial charge in [-0.2, -0.15) is 0 Å². The fourth-order valence-electron chi connectivity index (χ4n) is 2.22. The molecular weight excluding hydrogens is 242 g/mol. The zero-order valence-corrected chi connectivity index (χ0v) is 9.94. The van der Waals surface area contributed by atoms with E-state index in [0.29, 0.717) is 5.39 Å². The lowest BCUT2D eigenvalue weighted by Gasteiger charge is -2.05. The molecule has 2 aromatic carbocycles. The van der Waals surface area contributed by atoms with Crippen LogP contribution in [0.3, 0.4) is 0 Å². The van der Waals surface area contributed by atoms with E-state index in [1.54, 1.807) is 6.07 Å². The highest BCUT2D eigenvalue weighted by Gasteiger charge is 2.12. The number of aromatic amines is 1. The number of carbonyl (C=O) groups excluding carboxylic acids is 1. The summed E-state index contributed by atoms with van der Waals surface area (Å²) in [7, 11) is 0. The summed E-state index contributed by atoms with van der Waals surface area (Å²) in [6, 6.07) is 11.3. The van der Waals surface area contributed by atoms with Gasteiger partial charge in [0, 0.05) is 17.0 Å². The van der Waals surface area contributed by atoms with E-state index >= 15 is 0 Å². The Morgan fingerprint density at radius 2 is 1.89 bits per heavy atom. The Kier molecular flexibility index (Phi) is 2.54. The summed E-state index contributed by atoms with van der Waals surface area (Å²) in [5, 5.41) is 2.44. The minimum absolute atomic E-state index is 0.00489. The van der Waals surface area contributed by atoms with Gasteiger partial charge in [-0.05, 0) is 11.5 Å². The predicted molar refractivity (Wildman–Crippen MR) is 73.7 cm³/mol. The van der Waals surface area contributed by atoms with Gasteiger partial charge in [0.15, 0.2) is 0 Å². The summed E-state index contributed by atoms with van der Waals surface area (Å²) in [4.78, 5) is 26.7. The topological polar surface area (TPSA) is 88.0 Å². The van der Waals surface area contributed by atoms with Crippen molar-refractivity contribution in [1.29, 1.82) is 0 Å². The smallest absolute Gasteiger partial charge is 0.270 e. The van der Waals surface area contributed by atoms with Crippen LogP contribution in [0.4, 0.5) is 0 Å². The number of nitrogen functional groups attached to an aromatic ring is 1. The van der Waals surface area contributed by atoms with Gasteiger partial charge in [0.1, 0.15) is 5.56 Å². The molecule has 5 heteroatoms. The number of hydrazine groups is 1. The molecular formula is C14H11N3O2. The van der Waals surface area contributed by atoms with E-state index in [0.717, 1.165) is 16.3 Å². The number of hydrogen-bond donors (Lipinski definition) is 3. The van der Waals surface area contributed by atoms with Gasteiger partial charge in [-0.15, -0.1) is 0 Å². The molecule has 0 fully saturated rings. The average molecular weight is 253 g/mol. The normalized spacial score (nSPS) is 10.8. The zero-order valence-electron chi connectivity index (χ0n) is 9.94. The van der Waals surface area contributed by atoms with E-state index in [-0.39, 0.29) is 11.0 Å². The van der Waals surface area contributed by atoms with E-state index in [1.807, 2.05) is 35.8 Å². The minimum atomic E-state index is -0.601. The van der Waals surface area contributed by atoms with Crippen LogP contribution in [0.1, 0.15) is 10.4 Å². The molecule has 19 heavy (non-hydrogen) atoms. The number of pyridine rings is 1. The van der Waals surface area contributed by atoms with E-state index in [1.165, 1.54) is 6.20 Å². The third-order valence-electron chi connectivity index (χ3n) is 3.15. The van der Waals surface area contributed by atoms with E-state index in [2.05, 4.69) is 4.98 Å². The van der Waals surface area contributed by atoms with Crippen LogP contribution < -0.4 is 16.7 Å². The van der Waals surface area contributed by atoms with Crippen molar-refractivity contribution >= 4 is 27.6 Å². The molecule has 1 aromatic heterocycles. The minimum Gasteiger partial charge on any atom is -0.360 e. The monoisotopic (exact) mass is 253 g/mol. The number of aromatic nitrogens is 1. The molecule has 1 amide bonds. The molecule has 0 saturated heterocycles. The number of carbonyl (C=O) groups is 1. The third-order valence-corrected chi connectivity index (χ3v) is 3.15. The van der Waals surface area contributed by atoms with E-state index in [4.69, 9.17) is 5.84 Å². The molecule has 1 heterocycles. The first kappa shape index (κ1) is 11.4. The SMILES string of the molecule is NNC(=O)c1c[nH]c2c(ccc3ccccc32)c1=O. The predicted octanol–water partition coefficient (Wildman–Crippen LogP) is 1.28. The zero-order chi connectivity index (χ0) is 13.4. The quantitative estimate of drug-likeness (QED) is 0.264. The first-order valence-electron chi connectivity index (χ1n) is 5.76. The molecule has 94 valence electrons. The lowest BCUT2D eigenvalue weighted by molar-refractivity contribution is 0.0952. The molecule has 5 nitrogen and oxygen atoms in total. The Labute approximate surface area is 108 Å². The van der Waals surface area contributed by atoms with E-state index in [9.17, 15) is 9.59 Å². The maximum absolute atomic E-state index is 12.2. The average Bonchev–Trinajstić information content (AvgIpc) is 2.46.